The van der Waals surface area contributed by atoms with Crippen LogP contribution in [0.2, 0.25) is 0 Å². The molecule has 1 atom stereocenters. The highest BCUT2D eigenvalue weighted by Crippen LogP contribution is 2.24. The molecule has 3 N–H and O–H groups in total. The highest BCUT2D eigenvalue weighted by Gasteiger charge is 2.36. The number of nitrogens with one attached hydrogen (secondary N) is 1. The maximum Gasteiger partial charge on any atom is 0.237 e. The predicted octanol–water partition coefficient (Wildman–Crippen LogP) is 1.10. The molecule has 0 heterocycles. The number of nitrogens with zero attached hydrogens (tertiary/aromatic N) is 1. The van der Waals surface area contributed by atoms with Gasteiger partial charge in [0.2, 0.25) is 5.91 Å². The molecule has 0 aliphatic heterocycles. The van der Waals surface area contributed by atoms with Gasteiger partial charge in [0.25, 0.3) is 0 Å². The molecule has 1 unspecified atom stereocenters. The lowest BCUT2D eigenvalue weighted by atomic mass is 9.94. The second-order valence-corrected chi connectivity index (χ2v) is 5.52. The Labute approximate surface area is 105 Å². The molecule has 0 aromatic rings. The van der Waals surface area contributed by atoms with Crippen LogP contribution in [0.15, 0.2) is 0 Å². The zero-order valence-electron chi connectivity index (χ0n) is 11.5. The van der Waals surface area contributed by atoms with Crippen LogP contribution < -0.4 is 11.1 Å². The minimum Gasteiger partial charge on any atom is -0.368 e. The second kappa shape index (κ2) is 6.36. The lowest BCUT2D eigenvalue weighted by molar-refractivity contribution is -0.124. The van der Waals surface area contributed by atoms with Crippen molar-refractivity contribution in [2.75, 3.05) is 20.1 Å². The van der Waals surface area contributed by atoms with Crippen molar-refractivity contribution in [1.29, 1.82) is 0 Å². The Morgan fingerprint density at radius 1 is 1.47 bits per heavy atom. The first kappa shape index (κ1) is 14.5. The number of nitrogens with two attached hydrogens (primary N) is 1. The van der Waals surface area contributed by atoms with E-state index in [9.17, 15) is 4.79 Å². The van der Waals surface area contributed by atoms with Crippen LogP contribution in [0.4, 0.5) is 0 Å². The van der Waals surface area contributed by atoms with Gasteiger partial charge in [0.1, 0.15) is 0 Å². The van der Waals surface area contributed by atoms with E-state index in [0.29, 0.717) is 6.04 Å². The fourth-order valence-corrected chi connectivity index (χ4v) is 2.14. The highest BCUT2D eigenvalue weighted by molar-refractivity contribution is 5.84. The van der Waals surface area contributed by atoms with E-state index in [0.717, 1.165) is 25.9 Å². The van der Waals surface area contributed by atoms with Crippen LogP contribution in [-0.4, -0.2) is 42.5 Å². The standard InChI is InChI=1S/C13H27N3O/c1-4-9-16(3)10-5-8-13(2,12(14)17)15-11-6-7-11/h11,15H,4-10H2,1-3H3,(H2,14,17). The van der Waals surface area contributed by atoms with Gasteiger partial charge in [-0.1, -0.05) is 6.92 Å². The molecule has 17 heavy (non-hydrogen) atoms. The van der Waals surface area contributed by atoms with Gasteiger partial charge in [-0.25, -0.2) is 0 Å². The zero-order chi connectivity index (χ0) is 12.9. The minimum atomic E-state index is -0.520. The van der Waals surface area contributed by atoms with Gasteiger partial charge in [-0.3, -0.25) is 4.79 Å². The lowest BCUT2D eigenvalue weighted by Crippen LogP contribution is -2.54. The average molecular weight is 241 g/mol. The summed E-state index contributed by atoms with van der Waals surface area (Å²) >= 11 is 0. The Morgan fingerprint density at radius 3 is 2.59 bits per heavy atom. The van der Waals surface area contributed by atoms with Crippen LogP contribution >= 0.6 is 0 Å². The number of primary amides is 1. The molecule has 0 spiro atoms. The Bertz CT molecular complexity index is 253. The van der Waals surface area contributed by atoms with Crippen molar-refractivity contribution in [3.8, 4) is 0 Å². The van der Waals surface area contributed by atoms with E-state index in [4.69, 9.17) is 5.73 Å². The van der Waals surface area contributed by atoms with Crippen molar-refractivity contribution >= 4 is 5.91 Å². The quantitative estimate of drug-likeness (QED) is 0.635. The van der Waals surface area contributed by atoms with Crippen molar-refractivity contribution in [2.24, 2.45) is 5.73 Å². The third-order valence-corrected chi connectivity index (χ3v) is 3.47. The van der Waals surface area contributed by atoms with Crippen molar-refractivity contribution in [2.45, 2.75) is 57.5 Å². The first-order chi connectivity index (χ1) is 7.98. The van der Waals surface area contributed by atoms with Gasteiger partial charge in [0.05, 0.1) is 5.54 Å². The second-order valence-electron chi connectivity index (χ2n) is 5.52. The number of rotatable bonds is 9. The van der Waals surface area contributed by atoms with E-state index in [1.807, 2.05) is 6.92 Å². The van der Waals surface area contributed by atoms with Gasteiger partial charge < -0.3 is 16.0 Å². The van der Waals surface area contributed by atoms with E-state index >= 15 is 0 Å². The van der Waals surface area contributed by atoms with Crippen LogP contribution in [-0.2, 0) is 4.79 Å². The van der Waals surface area contributed by atoms with Gasteiger partial charge in [-0.2, -0.15) is 0 Å². The molecule has 1 rings (SSSR count). The number of carbonyl (C=O) groups excluding carboxylic acids is 1. The van der Waals surface area contributed by atoms with Crippen molar-refractivity contribution in [3.05, 3.63) is 0 Å². The van der Waals surface area contributed by atoms with Gasteiger partial charge in [-0.15, -0.1) is 0 Å². The number of carbonyl (C=O) groups is 1. The van der Waals surface area contributed by atoms with Crippen molar-refractivity contribution in [1.82, 2.24) is 10.2 Å². The Morgan fingerprint density at radius 2 is 2.12 bits per heavy atom. The maximum atomic E-state index is 11.5. The summed E-state index contributed by atoms with van der Waals surface area (Å²) in [6, 6.07) is 0.515. The summed E-state index contributed by atoms with van der Waals surface area (Å²) in [7, 11) is 2.12. The summed E-state index contributed by atoms with van der Waals surface area (Å²) in [5.74, 6) is -0.220. The summed E-state index contributed by atoms with van der Waals surface area (Å²) in [5, 5.41) is 3.38. The molecule has 4 heteroatoms. The van der Waals surface area contributed by atoms with E-state index < -0.39 is 5.54 Å². The molecule has 0 aromatic heterocycles. The molecular weight excluding hydrogens is 214 g/mol. The monoisotopic (exact) mass is 241 g/mol. The molecular formula is C13H27N3O. The van der Waals surface area contributed by atoms with Crippen LogP contribution in [0, 0.1) is 0 Å². The third-order valence-electron chi connectivity index (χ3n) is 3.47. The molecule has 0 radical (unpaired) electrons. The van der Waals surface area contributed by atoms with Gasteiger partial charge in [0.15, 0.2) is 0 Å². The van der Waals surface area contributed by atoms with E-state index in [2.05, 4.69) is 24.2 Å². The van der Waals surface area contributed by atoms with E-state index in [1.54, 1.807) is 0 Å². The predicted molar refractivity (Wildman–Crippen MR) is 70.8 cm³/mol. The fraction of sp³-hybridized carbons (Fsp3) is 0.923. The van der Waals surface area contributed by atoms with Gasteiger partial charge in [-0.05, 0) is 59.2 Å². The summed E-state index contributed by atoms with van der Waals surface area (Å²) in [6.45, 7) is 6.26. The summed E-state index contributed by atoms with van der Waals surface area (Å²) < 4.78 is 0. The van der Waals surface area contributed by atoms with Crippen molar-refractivity contribution in [3.63, 3.8) is 0 Å². The Kier molecular flexibility index (Phi) is 5.40. The zero-order valence-corrected chi connectivity index (χ0v) is 11.5. The normalized spacial score (nSPS) is 19.3. The number of hydrogen-bond acceptors (Lipinski definition) is 3. The first-order valence-corrected chi connectivity index (χ1v) is 6.74. The highest BCUT2D eigenvalue weighted by atomic mass is 16.1. The molecule has 1 amide bonds. The van der Waals surface area contributed by atoms with Gasteiger partial charge >= 0.3 is 0 Å². The molecule has 1 fully saturated rings. The van der Waals surface area contributed by atoms with Crippen LogP contribution in [0.1, 0.15) is 46.0 Å². The maximum absolute atomic E-state index is 11.5. The minimum absolute atomic E-state index is 0.220. The fourth-order valence-electron chi connectivity index (χ4n) is 2.14. The molecule has 1 saturated carbocycles. The lowest BCUT2D eigenvalue weighted by Gasteiger charge is -2.28. The SMILES string of the molecule is CCCN(C)CCCC(C)(NC1CC1)C(N)=O. The van der Waals surface area contributed by atoms with Crippen LogP contribution in [0.25, 0.3) is 0 Å². The van der Waals surface area contributed by atoms with Gasteiger partial charge in [0, 0.05) is 6.04 Å². The summed E-state index contributed by atoms with van der Waals surface area (Å²) in [5.41, 5.74) is 4.99. The largest absolute Gasteiger partial charge is 0.368 e. The molecule has 1 aliphatic carbocycles. The van der Waals surface area contributed by atoms with E-state index in [-0.39, 0.29) is 5.91 Å². The third kappa shape index (κ3) is 5.04. The molecule has 4 nitrogen and oxygen atoms in total. The summed E-state index contributed by atoms with van der Waals surface area (Å²) in [4.78, 5) is 13.8. The molecule has 100 valence electrons. The molecule has 0 bridgehead atoms. The number of hydrogen-bond donors (Lipinski definition) is 2. The molecule has 0 saturated heterocycles. The topological polar surface area (TPSA) is 58.4 Å². The number of amides is 1. The smallest absolute Gasteiger partial charge is 0.237 e. The Balaban J connectivity index is 2.30. The Hall–Kier alpha value is -0.610. The molecule has 0 aromatic carbocycles. The average Bonchev–Trinajstić information content (AvgIpc) is 3.01. The van der Waals surface area contributed by atoms with Crippen molar-refractivity contribution < 1.29 is 4.79 Å². The van der Waals surface area contributed by atoms with E-state index in [1.165, 1.54) is 19.3 Å². The first-order valence-electron chi connectivity index (χ1n) is 6.74. The van der Waals surface area contributed by atoms with Crippen LogP contribution in [0.3, 0.4) is 0 Å². The summed E-state index contributed by atoms with van der Waals surface area (Å²) in [6.07, 6.45) is 5.36. The van der Waals surface area contributed by atoms with Crippen LogP contribution in [0.5, 0.6) is 0 Å². The molecule has 1 aliphatic rings.